The van der Waals surface area contributed by atoms with Gasteiger partial charge in [0, 0.05) is 68.2 Å². The van der Waals surface area contributed by atoms with E-state index in [4.69, 9.17) is 0 Å². The maximum Gasteiger partial charge on any atom is 0.317 e. The van der Waals surface area contributed by atoms with Crippen LogP contribution >= 0.6 is 0 Å². The second kappa shape index (κ2) is 9.70. The van der Waals surface area contributed by atoms with Crippen LogP contribution in [0.2, 0.25) is 0 Å². The van der Waals surface area contributed by atoms with Crippen molar-refractivity contribution < 1.29 is 22.4 Å². The van der Waals surface area contributed by atoms with Gasteiger partial charge in [0.05, 0.1) is 12.6 Å². The van der Waals surface area contributed by atoms with Crippen molar-refractivity contribution in [1.29, 1.82) is 0 Å². The van der Waals surface area contributed by atoms with Gasteiger partial charge < -0.3 is 15.6 Å². The van der Waals surface area contributed by atoms with Crippen molar-refractivity contribution >= 4 is 6.03 Å². The van der Waals surface area contributed by atoms with Crippen LogP contribution in [0.4, 0.5) is 22.4 Å². The number of likely N-dealkylation sites (tertiary alicyclic amines) is 1. The minimum Gasteiger partial charge on any atom is -0.334 e. The van der Waals surface area contributed by atoms with E-state index < -0.39 is 42.6 Å². The van der Waals surface area contributed by atoms with Gasteiger partial charge in [-0.2, -0.15) is 0 Å². The molecule has 2 amide bonds. The number of aromatic nitrogens is 1. The summed E-state index contributed by atoms with van der Waals surface area (Å²) in [6, 6.07) is 5.92. The maximum atomic E-state index is 14.5. The summed E-state index contributed by atoms with van der Waals surface area (Å²) in [4.78, 5) is 20.2. The van der Waals surface area contributed by atoms with Crippen LogP contribution in [0.5, 0.6) is 0 Å². The number of pyridine rings is 1. The number of rotatable bonds is 4. The van der Waals surface area contributed by atoms with Gasteiger partial charge in [-0.05, 0) is 42.3 Å². The first-order valence-corrected chi connectivity index (χ1v) is 11.9. The molecule has 7 nitrogen and oxygen atoms in total. The number of benzene rings is 1. The molecule has 0 unspecified atom stereocenters. The van der Waals surface area contributed by atoms with Crippen LogP contribution in [-0.4, -0.2) is 59.0 Å². The molecule has 36 heavy (non-hydrogen) atoms. The summed E-state index contributed by atoms with van der Waals surface area (Å²) >= 11 is 0. The SMILES string of the molecule is Cc1cc([C@H]2NNC3=C2CN(C(=O)N[C@H]2CN(Cc4c(F)cccc4F)CC(F)(F)C2)CC3)ccn1. The summed E-state index contributed by atoms with van der Waals surface area (Å²) in [5.74, 6) is -4.65. The normalized spacial score (nSPS) is 23.9. The molecule has 4 heterocycles. The molecule has 1 fully saturated rings. The Bertz CT molecular complexity index is 1170. The van der Waals surface area contributed by atoms with Gasteiger partial charge in [0.2, 0.25) is 0 Å². The molecule has 1 aromatic carbocycles. The van der Waals surface area contributed by atoms with E-state index in [1.807, 2.05) is 19.1 Å². The molecular formula is C25H28F4N6O. The Morgan fingerprint density at radius 1 is 1.25 bits per heavy atom. The Kier molecular flexibility index (Phi) is 6.60. The zero-order valence-corrected chi connectivity index (χ0v) is 19.8. The molecule has 0 radical (unpaired) electrons. The fourth-order valence-electron chi connectivity index (χ4n) is 5.23. The first-order valence-electron chi connectivity index (χ1n) is 11.9. The number of hydrogen-bond donors (Lipinski definition) is 3. The number of halogens is 4. The molecule has 2 aromatic rings. The van der Waals surface area contributed by atoms with E-state index in [-0.39, 0.29) is 24.7 Å². The largest absolute Gasteiger partial charge is 0.334 e. The lowest BCUT2D eigenvalue weighted by Crippen LogP contribution is -2.57. The lowest BCUT2D eigenvalue weighted by atomic mass is 9.95. The number of amides is 2. The third-order valence-electron chi connectivity index (χ3n) is 6.89. The highest BCUT2D eigenvalue weighted by Gasteiger charge is 2.42. The number of alkyl halides is 2. The number of urea groups is 1. The molecule has 11 heteroatoms. The number of nitrogens with one attached hydrogen (secondary N) is 3. The summed E-state index contributed by atoms with van der Waals surface area (Å²) < 4.78 is 57.2. The zero-order chi connectivity index (χ0) is 25.4. The van der Waals surface area contributed by atoms with Crippen molar-refractivity contribution in [2.45, 2.75) is 44.3 Å². The van der Waals surface area contributed by atoms with Gasteiger partial charge in [-0.25, -0.2) is 27.8 Å². The van der Waals surface area contributed by atoms with Crippen LogP contribution in [0, 0.1) is 18.6 Å². The van der Waals surface area contributed by atoms with Gasteiger partial charge in [0.25, 0.3) is 5.92 Å². The highest BCUT2D eigenvalue weighted by Crippen LogP contribution is 2.33. The van der Waals surface area contributed by atoms with E-state index in [1.165, 1.54) is 11.0 Å². The predicted molar refractivity (Wildman–Crippen MR) is 125 cm³/mol. The van der Waals surface area contributed by atoms with Crippen molar-refractivity contribution in [1.82, 2.24) is 31.0 Å². The Morgan fingerprint density at radius 3 is 2.78 bits per heavy atom. The van der Waals surface area contributed by atoms with Gasteiger partial charge in [-0.3, -0.25) is 9.88 Å². The highest BCUT2D eigenvalue weighted by molar-refractivity contribution is 5.75. The molecule has 3 N–H and O–H groups in total. The molecule has 0 bridgehead atoms. The van der Waals surface area contributed by atoms with E-state index in [9.17, 15) is 22.4 Å². The van der Waals surface area contributed by atoms with Crippen LogP contribution < -0.4 is 16.2 Å². The van der Waals surface area contributed by atoms with Crippen LogP contribution in [0.25, 0.3) is 0 Å². The minimum atomic E-state index is -3.10. The summed E-state index contributed by atoms with van der Waals surface area (Å²) in [5, 5.41) is 2.74. The average molecular weight is 505 g/mol. The van der Waals surface area contributed by atoms with Gasteiger partial charge >= 0.3 is 6.03 Å². The second-order valence-corrected chi connectivity index (χ2v) is 9.68. The van der Waals surface area contributed by atoms with E-state index in [0.717, 1.165) is 34.7 Å². The Labute approximate surface area is 206 Å². The zero-order valence-electron chi connectivity index (χ0n) is 19.8. The number of carbonyl (C=O) groups excluding carboxylic acids is 1. The molecule has 3 aliphatic heterocycles. The summed E-state index contributed by atoms with van der Waals surface area (Å²) in [7, 11) is 0. The monoisotopic (exact) mass is 504 g/mol. The van der Waals surface area contributed by atoms with Crippen molar-refractivity contribution in [3.8, 4) is 0 Å². The molecule has 2 atom stereocenters. The van der Waals surface area contributed by atoms with Crippen molar-refractivity contribution in [3.05, 3.63) is 76.3 Å². The fourth-order valence-corrected chi connectivity index (χ4v) is 5.23. The first-order chi connectivity index (χ1) is 17.2. The first kappa shape index (κ1) is 24.5. The Balaban J connectivity index is 1.25. The molecule has 3 aliphatic rings. The number of piperidine rings is 1. The maximum absolute atomic E-state index is 14.5. The van der Waals surface area contributed by atoms with Gasteiger partial charge in [0.1, 0.15) is 11.6 Å². The topological polar surface area (TPSA) is 72.5 Å². The van der Waals surface area contributed by atoms with Crippen molar-refractivity contribution in [3.63, 3.8) is 0 Å². The highest BCUT2D eigenvalue weighted by atomic mass is 19.3. The van der Waals surface area contributed by atoms with Gasteiger partial charge in [-0.1, -0.05) is 6.07 Å². The lowest BCUT2D eigenvalue weighted by Gasteiger charge is -2.39. The van der Waals surface area contributed by atoms with Gasteiger partial charge in [0.15, 0.2) is 0 Å². The summed E-state index contributed by atoms with van der Waals surface area (Å²) in [5.41, 5.74) is 10.1. The van der Waals surface area contributed by atoms with E-state index in [2.05, 4.69) is 21.2 Å². The van der Waals surface area contributed by atoms with Crippen molar-refractivity contribution in [2.24, 2.45) is 0 Å². The van der Waals surface area contributed by atoms with Crippen LogP contribution in [0.3, 0.4) is 0 Å². The number of hydrazine groups is 1. The second-order valence-electron chi connectivity index (χ2n) is 9.68. The number of nitrogens with zero attached hydrogens (tertiary/aromatic N) is 3. The quantitative estimate of drug-likeness (QED) is 0.557. The van der Waals surface area contributed by atoms with E-state index >= 15 is 0 Å². The minimum absolute atomic E-state index is 0.0684. The summed E-state index contributed by atoms with van der Waals surface area (Å²) in [6.07, 6.45) is 1.81. The third kappa shape index (κ3) is 5.17. The van der Waals surface area contributed by atoms with Crippen LogP contribution in [0.15, 0.2) is 47.8 Å². The van der Waals surface area contributed by atoms with Crippen LogP contribution in [-0.2, 0) is 6.54 Å². The molecule has 1 saturated heterocycles. The van der Waals surface area contributed by atoms with Gasteiger partial charge in [-0.15, -0.1) is 0 Å². The summed E-state index contributed by atoms with van der Waals surface area (Å²) in [6.45, 7) is 1.84. The smallest absolute Gasteiger partial charge is 0.317 e. The fraction of sp³-hybridized carbons (Fsp3) is 0.440. The van der Waals surface area contributed by atoms with Crippen molar-refractivity contribution in [2.75, 3.05) is 26.2 Å². The van der Waals surface area contributed by atoms with Crippen LogP contribution in [0.1, 0.15) is 35.7 Å². The van der Waals surface area contributed by atoms with E-state index in [0.29, 0.717) is 19.5 Å². The van der Waals surface area contributed by atoms with E-state index in [1.54, 1.807) is 11.1 Å². The molecule has 0 aliphatic carbocycles. The lowest BCUT2D eigenvalue weighted by molar-refractivity contribution is -0.0764. The Hall–Kier alpha value is -3.18. The molecule has 5 rings (SSSR count). The number of carbonyl (C=O) groups is 1. The molecular weight excluding hydrogens is 476 g/mol. The number of aryl methyl sites for hydroxylation is 1. The standard InChI is InChI=1S/C25H28F4N6O/c1-15-9-16(5-7-30-15)23-19-13-35(8-6-22(19)32-33-23)24(36)31-17-10-25(28,29)14-34(11-17)12-18-20(26)3-2-4-21(18)27/h2-5,7,9,17,23,32-33H,6,8,10-14H2,1H3,(H,31,36)/t17-,23-/m1/s1. The number of hydrogen-bond acceptors (Lipinski definition) is 5. The third-order valence-corrected chi connectivity index (χ3v) is 6.89. The predicted octanol–water partition coefficient (Wildman–Crippen LogP) is 3.40. The average Bonchev–Trinajstić information content (AvgIpc) is 3.24. The molecule has 0 spiro atoms. The molecule has 192 valence electrons. The Morgan fingerprint density at radius 2 is 2.03 bits per heavy atom. The molecule has 0 saturated carbocycles. The molecule has 1 aromatic heterocycles.